The van der Waals surface area contributed by atoms with E-state index >= 15 is 0 Å². The lowest BCUT2D eigenvalue weighted by Gasteiger charge is -2.11. The monoisotopic (exact) mass is 352 g/mol. The summed E-state index contributed by atoms with van der Waals surface area (Å²) >= 11 is 9.50. The molecule has 104 valence electrons. The van der Waals surface area contributed by atoms with Crippen LogP contribution in [0.15, 0.2) is 40.9 Å². The smallest absolute Gasteiger partial charge is 0.200 e. The quantitative estimate of drug-likeness (QED) is 0.725. The number of ketones is 1. The molecule has 2 aromatic rings. The van der Waals surface area contributed by atoms with Crippen LogP contribution in [0.25, 0.3) is 0 Å². The van der Waals surface area contributed by atoms with Gasteiger partial charge in [-0.1, -0.05) is 51.8 Å². The highest BCUT2D eigenvalue weighted by atomic mass is 79.9. The van der Waals surface area contributed by atoms with Gasteiger partial charge < -0.3 is 4.74 Å². The van der Waals surface area contributed by atoms with E-state index < -0.39 is 0 Å². The molecular formula is C16H14BrClO2. The van der Waals surface area contributed by atoms with Crippen molar-refractivity contribution in [1.82, 2.24) is 0 Å². The van der Waals surface area contributed by atoms with Gasteiger partial charge in [0.15, 0.2) is 12.4 Å². The highest BCUT2D eigenvalue weighted by molar-refractivity contribution is 9.10. The van der Waals surface area contributed by atoms with E-state index in [1.807, 2.05) is 38.1 Å². The Bertz CT molecular complexity index is 630. The minimum Gasteiger partial charge on any atom is -0.484 e. The molecule has 0 bridgehead atoms. The number of carbonyl (C=O) groups is 1. The van der Waals surface area contributed by atoms with Crippen LogP contribution < -0.4 is 4.74 Å². The van der Waals surface area contributed by atoms with Gasteiger partial charge in [0.05, 0.1) is 5.02 Å². The van der Waals surface area contributed by atoms with Gasteiger partial charge in [0, 0.05) is 10.0 Å². The lowest BCUT2D eigenvalue weighted by molar-refractivity contribution is 0.0920. The molecule has 0 fully saturated rings. The van der Waals surface area contributed by atoms with Gasteiger partial charge in [0.25, 0.3) is 0 Å². The third kappa shape index (κ3) is 3.41. The van der Waals surface area contributed by atoms with E-state index in [1.165, 1.54) is 0 Å². The molecule has 0 heterocycles. The minimum absolute atomic E-state index is 0.0208. The predicted octanol–water partition coefficient (Wildman–Crippen LogP) is 4.98. The Morgan fingerprint density at radius 3 is 2.55 bits per heavy atom. The van der Waals surface area contributed by atoms with Crippen LogP contribution in [0.4, 0.5) is 0 Å². The van der Waals surface area contributed by atoms with E-state index in [-0.39, 0.29) is 12.4 Å². The van der Waals surface area contributed by atoms with Crippen molar-refractivity contribution in [1.29, 1.82) is 0 Å². The second-order valence-electron chi connectivity index (χ2n) is 4.56. The number of hydrogen-bond donors (Lipinski definition) is 0. The van der Waals surface area contributed by atoms with E-state index in [2.05, 4.69) is 15.9 Å². The van der Waals surface area contributed by atoms with E-state index in [0.717, 1.165) is 15.6 Å². The molecule has 0 radical (unpaired) electrons. The van der Waals surface area contributed by atoms with Gasteiger partial charge in [-0.15, -0.1) is 0 Å². The number of hydrogen-bond acceptors (Lipinski definition) is 2. The Labute approximate surface area is 131 Å². The second-order valence-corrected chi connectivity index (χ2v) is 5.88. The first-order valence-corrected chi connectivity index (χ1v) is 7.33. The molecule has 2 aromatic carbocycles. The molecule has 4 heteroatoms. The Kier molecular flexibility index (Phi) is 4.84. The summed E-state index contributed by atoms with van der Waals surface area (Å²) in [5.41, 5.74) is 2.51. The van der Waals surface area contributed by atoms with Crippen LogP contribution in [0, 0.1) is 13.8 Å². The summed E-state index contributed by atoms with van der Waals surface area (Å²) in [6.07, 6.45) is 0. The fourth-order valence-electron chi connectivity index (χ4n) is 1.97. The molecular weight excluding hydrogens is 340 g/mol. The SMILES string of the molecule is Cc1ccccc1C(=O)COc1c(C)cc(Br)cc1Cl. The Morgan fingerprint density at radius 1 is 1.20 bits per heavy atom. The fourth-order valence-corrected chi connectivity index (χ4v) is 3.00. The maximum Gasteiger partial charge on any atom is 0.200 e. The fraction of sp³-hybridized carbons (Fsp3) is 0.188. The predicted molar refractivity (Wildman–Crippen MR) is 84.9 cm³/mol. The molecule has 2 nitrogen and oxygen atoms in total. The molecule has 0 aliphatic heterocycles. The van der Waals surface area contributed by atoms with Gasteiger partial charge in [-0.05, 0) is 37.1 Å². The summed E-state index contributed by atoms with van der Waals surface area (Å²) in [6, 6.07) is 11.1. The van der Waals surface area contributed by atoms with Crippen molar-refractivity contribution in [3.8, 4) is 5.75 Å². The van der Waals surface area contributed by atoms with Crippen molar-refractivity contribution in [2.75, 3.05) is 6.61 Å². The van der Waals surface area contributed by atoms with Gasteiger partial charge >= 0.3 is 0 Å². The summed E-state index contributed by atoms with van der Waals surface area (Å²) in [5, 5.41) is 0.495. The van der Waals surface area contributed by atoms with E-state index in [0.29, 0.717) is 16.3 Å². The van der Waals surface area contributed by atoms with E-state index in [4.69, 9.17) is 16.3 Å². The van der Waals surface area contributed by atoms with Crippen molar-refractivity contribution < 1.29 is 9.53 Å². The number of halogens is 2. The zero-order chi connectivity index (χ0) is 14.7. The topological polar surface area (TPSA) is 26.3 Å². The number of Topliss-reactive ketones (excluding diaryl/α,β-unsaturated/α-hetero) is 1. The average Bonchev–Trinajstić information content (AvgIpc) is 2.37. The minimum atomic E-state index is -0.0542. The lowest BCUT2D eigenvalue weighted by Crippen LogP contribution is -2.13. The highest BCUT2D eigenvalue weighted by Crippen LogP contribution is 2.32. The Morgan fingerprint density at radius 2 is 1.90 bits per heavy atom. The number of carbonyl (C=O) groups excluding carboxylic acids is 1. The van der Waals surface area contributed by atoms with Crippen LogP contribution in [0.2, 0.25) is 5.02 Å². The van der Waals surface area contributed by atoms with Crippen molar-refractivity contribution >= 4 is 33.3 Å². The van der Waals surface area contributed by atoms with Gasteiger partial charge in [0.1, 0.15) is 5.75 Å². The average molecular weight is 354 g/mol. The van der Waals surface area contributed by atoms with Crippen molar-refractivity contribution in [2.45, 2.75) is 13.8 Å². The van der Waals surface area contributed by atoms with Crippen LogP contribution in [-0.4, -0.2) is 12.4 Å². The second kappa shape index (κ2) is 6.42. The van der Waals surface area contributed by atoms with Gasteiger partial charge in [-0.3, -0.25) is 4.79 Å². The summed E-state index contributed by atoms with van der Waals surface area (Å²) in [6.45, 7) is 3.78. The lowest BCUT2D eigenvalue weighted by atomic mass is 10.1. The number of aryl methyl sites for hydroxylation is 2. The zero-order valence-electron chi connectivity index (χ0n) is 11.2. The summed E-state index contributed by atoms with van der Waals surface area (Å²) in [5.74, 6) is 0.498. The van der Waals surface area contributed by atoms with Crippen molar-refractivity contribution in [3.05, 3.63) is 62.6 Å². The van der Waals surface area contributed by atoms with Gasteiger partial charge in [-0.25, -0.2) is 0 Å². The van der Waals surface area contributed by atoms with E-state index in [1.54, 1.807) is 12.1 Å². The maximum atomic E-state index is 12.2. The van der Waals surface area contributed by atoms with E-state index in [9.17, 15) is 4.79 Å². The molecule has 0 N–H and O–H groups in total. The van der Waals surface area contributed by atoms with Gasteiger partial charge in [-0.2, -0.15) is 0 Å². The summed E-state index contributed by atoms with van der Waals surface area (Å²) < 4.78 is 6.48. The van der Waals surface area contributed by atoms with Crippen LogP contribution in [0.3, 0.4) is 0 Å². The van der Waals surface area contributed by atoms with Crippen LogP contribution in [0.1, 0.15) is 21.5 Å². The first-order chi connectivity index (χ1) is 9.49. The number of benzene rings is 2. The van der Waals surface area contributed by atoms with Crippen molar-refractivity contribution in [2.24, 2.45) is 0 Å². The summed E-state index contributed by atoms with van der Waals surface area (Å²) in [7, 11) is 0. The zero-order valence-corrected chi connectivity index (χ0v) is 13.6. The number of ether oxygens (including phenoxy) is 1. The number of rotatable bonds is 4. The van der Waals surface area contributed by atoms with Crippen LogP contribution >= 0.6 is 27.5 Å². The molecule has 0 unspecified atom stereocenters. The normalized spacial score (nSPS) is 10.4. The van der Waals surface area contributed by atoms with Crippen molar-refractivity contribution in [3.63, 3.8) is 0 Å². The molecule has 0 saturated heterocycles. The highest BCUT2D eigenvalue weighted by Gasteiger charge is 2.12. The molecule has 0 aromatic heterocycles. The molecule has 0 aliphatic carbocycles. The summed E-state index contributed by atoms with van der Waals surface area (Å²) in [4.78, 5) is 12.2. The third-order valence-electron chi connectivity index (χ3n) is 2.99. The maximum absolute atomic E-state index is 12.2. The molecule has 0 atom stereocenters. The Balaban J connectivity index is 2.14. The molecule has 0 saturated carbocycles. The molecule has 2 rings (SSSR count). The largest absolute Gasteiger partial charge is 0.484 e. The molecule has 0 spiro atoms. The standard InChI is InChI=1S/C16H14BrClO2/c1-10-5-3-4-6-13(10)15(19)9-20-16-11(2)7-12(17)8-14(16)18/h3-8H,9H2,1-2H3. The first-order valence-electron chi connectivity index (χ1n) is 6.16. The van der Waals surface area contributed by atoms with Crippen LogP contribution in [0.5, 0.6) is 5.75 Å². The molecule has 20 heavy (non-hydrogen) atoms. The Hall–Kier alpha value is -1.32. The first kappa shape index (κ1) is 15.1. The molecule has 0 aliphatic rings. The van der Waals surface area contributed by atoms with Gasteiger partial charge in [0.2, 0.25) is 0 Å². The molecule has 0 amide bonds. The third-order valence-corrected chi connectivity index (χ3v) is 3.73. The van der Waals surface area contributed by atoms with Crippen LogP contribution in [-0.2, 0) is 0 Å².